The quantitative estimate of drug-likeness (QED) is 0.813. The molecule has 0 radical (unpaired) electrons. The second-order valence-electron chi connectivity index (χ2n) is 7.86. The van der Waals surface area contributed by atoms with Crippen molar-refractivity contribution in [3.63, 3.8) is 0 Å². The van der Waals surface area contributed by atoms with E-state index in [1.807, 2.05) is 41.6 Å². The van der Waals surface area contributed by atoms with Gasteiger partial charge in [0.2, 0.25) is 11.8 Å². The minimum absolute atomic E-state index is 0.0430. The summed E-state index contributed by atoms with van der Waals surface area (Å²) in [4.78, 5) is 28.4. The van der Waals surface area contributed by atoms with Crippen LogP contribution in [0.4, 0.5) is 0 Å². The van der Waals surface area contributed by atoms with Crippen LogP contribution >= 0.6 is 0 Å². The van der Waals surface area contributed by atoms with Gasteiger partial charge in [-0.1, -0.05) is 30.3 Å². The number of rotatable bonds is 5. The monoisotopic (exact) mass is 366 g/mol. The zero-order chi connectivity index (χ0) is 19.0. The molecule has 2 aliphatic rings. The lowest BCUT2D eigenvalue weighted by Gasteiger charge is -2.40. The average molecular weight is 366 g/mol. The largest absolute Gasteiger partial charge is 0.337 e. The summed E-state index contributed by atoms with van der Waals surface area (Å²) in [5.74, 6) is 0.438. The van der Waals surface area contributed by atoms with E-state index in [1.165, 1.54) is 5.56 Å². The number of hydrogen-bond donors (Lipinski definition) is 0. The van der Waals surface area contributed by atoms with Crippen molar-refractivity contribution in [2.24, 2.45) is 5.92 Å². The average Bonchev–Trinajstić information content (AvgIpc) is 3.09. The molecule has 27 heavy (non-hydrogen) atoms. The number of carbonyl (C=O) groups is 2. The Kier molecular flexibility index (Phi) is 4.72. The van der Waals surface area contributed by atoms with E-state index in [4.69, 9.17) is 0 Å². The van der Waals surface area contributed by atoms with Crippen LogP contribution < -0.4 is 0 Å². The van der Waals surface area contributed by atoms with Crippen molar-refractivity contribution in [2.75, 3.05) is 26.2 Å². The molecule has 0 spiro atoms. The molecule has 1 atom stereocenters. The zero-order valence-electron chi connectivity index (χ0n) is 16.0. The second kappa shape index (κ2) is 7.18. The van der Waals surface area contributed by atoms with Crippen molar-refractivity contribution >= 4 is 11.8 Å². The van der Waals surface area contributed by atoms with E-state index in [-0.39, 0.29) is 24.4 Å². The van der Waals surface area contributed by atoms with Gasteiger partial charge in [0, 0.05) is 31.7 Å². The molecule has 0 bridgehead atoms. The van der Waals surface area contributed by atoms with Gasteiger partial charge in [0.05, 0.1) is 18.3 Å². The highest BCUT2D eigenvalue weighted by atomic mass is 16.2. The van der Waals surface area contributed by atoms with E-state index >= 15 is 0 Å². The minimum Gasteiger partial charge on any atom is -0.337 e. The molecule has 2 aromatic rings. The van der Waals surface area contributed by atoms with Crippen molar-refractivity contribution < 1.29 is 9.59 Å². The molecule has 1 aromatic heterocycles. The Hall–Kier alpha value is -2.63. The van der Waals surface area contributed by atoms with Gasteiger partial charge in [-0.25, -0.2) is 0 Å². The number of aryl methyl sites for hydroxylation is 2. The Morgan fingerprint density at radius 3 is 2.56 bits per heavy atom. The van der Waals surface area contributed by atoms with Crippen LogP contribution in [0.2, 0.25) is 0 Å². The fraction of sp³-hybridized carbons (Fsp3) is 0.476. The summed E-state index contributed by atoms with van der Waals surface area (Å²) in [5, 5.41) is 4.51. The van der Waals surface area contributed by atoms with Crippen molar-refractivity contribution in [3.05, 3.63) is 53.3 Å². The highest BCUT2D eigenvalue weighted by Gasteiger charge is 2.36. The lowest BCUT2D eigenvalue weighted by Crippen LogP contribution is -2.54. The molecule has 142 valence electrons. The smallest absolute Gasteiger partial charge is 0.242 e. The van der Waals surface area contributed by atoms with Gasteiger partial charge in [-0.15, -0.1) is 0 Å². The maximum absolute atomic E-state index is 12.6. The highest BCUT2D eigenvalue weighted by molar-refractivity contribution is 5.86. The molecule has 4 rings (SSSR count). The number of amides is 2. The van der Waals surface area contributed by atoms with Crippen LogP contribution in [-0.2, 0) is 16.0 Å². The molecular formula is C21H26N4O2. The summed E-state index contributed by atoms with van der Waals surface area (Å²) in [6.45, 7) is 6.25. The fourth-order valence-corrected chi connectivity index (χ4v) is 4.18. The Morgan fingerprint density at radius 1 is 1.15 bits per heavy atom. The standard InChI is InChI=1S/C21H26N4O2/c1-15-8-16(2)25(22-15)19-12-24(13-19)21(27)14-23-11-18(10-20(23)26)9-17-6-4-3-5-7-17/h3-8,18-19H,9-14H2,1-2H3. The maximum Gasteiger partial charge on any atom is 0.242 e. The summed E-state index contributed by atoms with van der Waals surface area (Å²) < 4.78 is 2.01. The first-order valence-corrected chi connectivity index (χ1v) is 9.62. The second-order valence-corrected chi connectivity index (χ2v) is 7.86. The molecule has 1 unspecified atom stereocenters. The molecule has 2 aliphatic heterocycles. The first kappa shape index (κ1) is 17.8. The SMILES string of the molecule is Cc1cc(C)n(C2CN(C(=O)CN3CC(Cc4ccccc4)CC3=O)C2)n1. The number of likely N-dealkylation sites (tertiary alicyclic amines) is 2. The molecule has 0 aliphatic carbocycles. The van der Waals surface area contributed by atoms with Crippen molar-refractivity contribution in [1.29, 1.82) is 0 Å². The van der Waals surface area contributed by atoms with Crippen LogP contribution in [0.25, 0.3) is 0 Å². The molecule has 6 nitrogen and oxygen atoms in total. The van der Waals surface area contributed by atoms with E-state index in [9.17, 15) is 9.59 Å². The van der Waals surface area contributed by atoms with Crippen molar-refractivity contribution in [1.82, 2.24) is 19.6 Å². The number of aromatic nitrogens is 2. The van der Waals surface area contributed by atoms with Gasteiger partial charge < -0.3 is 9.80 Å². The van der Waals surface area contributed by atoms with Crippen LogP contribution in [0, 0.1) is 19.8 Å². The summed E-state index contributed by atoms with van der Waals surface area (Å²) in [6, 6.07) is 12.5. The Balaban J connectivity index is 1.28. The van der Waals surface area contributed by atoms with Gasteiger partial charge in [-0.3, -0.25) is 14.3 Å². The number of hydrogen-bond acceptors (Lipinski definition) is 3. The predicted molar refractivity (Wildman–Crippen MR) is 102 cm³/mol. The molecular weight excluding hydrogens is 340 g/mol. The fourth-order valence-electron chi connectivity index (χ4n) is 4.18. The lowest BCUT2D eigenvalue weighted by molar-refractivity contribution is -0.142. The third kappa shape index (κ3) is 3.75. The number of nitrogens with zero attached hydrogens (tertiary/aromatic N) is 4. The highest BCUT2D eigenvalue weighted by Crippen LogP contribution is 2.25. The molecule has 0 N–H and O–H groups in total. The first-order valence-electron chi connectivity index (χ1n) is 9.62. The van der Waals surface area contributed by atoms with E-state index in [1.54, 1.807) is 4.90 Å². The Bertz CT molecular complexity index is 839. The lowest BCUT2D eigenvalue weighted by atomic mass is 9.99. The van der Waals surface area contributed by atoms with E-state index in [2.05, 4.69) is 23.3 Å². The summed E-state index contributed by atoms with van der Waals surface area (Å²) in [7, 11) is 0. The van der Waals surface area contributed by atoms with E-state index in [0.717, 1.165) is 17.8 Å². The van der Waals surface area contributed by atoms with E-state index < -0.39 is 0 Å². The minimum atomic E-state index is 0.0430. The summed E-state index contributed by atoms with van der Waals surface area (Å²) in [5.41, 5.74) is 3.38. The maximum atomic E-state index is 12.6. The molecule has 2 saturated heterocycles. The van der Waals surface area contributed by atoms with Crippen molar-refractivity contribution in [2.45, 2.75) is 32.7 Å². The topological polar surface area (TPSA) is 58.4 Å². The van der Waals surface area contributed by atoms with Crippen LogP contribution in [0.1, 0.15) is 29.4 Å². The van der Waals surface area contributed by atoms with Crippen LogP contribution in [0.3, 0.4) is 0 Å². The van der Waals surface area contributed by atoms with Crippen LogP contribution in [0.15, 0.2) is 36.4 Å². The van der Waals surface area contributed by atoms with Crippen molar-refractivity contribution in [3.8, 4) is 0 Å². The van der Waals surface area contributed by atoms with Gasteiger partial charge in [-0.2, -0.15) is 5.10 Å². The third-order valence-corrected chi connectivity index (χ3v) is 5.59. The van der Waals surface area contributed by atoms with Gasteiger partial charge in [0.25, 0.3) is 0 Å². The normalized spacial score (nSPS) is 20.2. The zero-order valence-corrected chi connectivity index (χ0v) is 16.0. The summed E-state index contributed by atoms with van der Waals surface area (Å²) in [6.07, 6.45) is 1.43. The van der Waals surface area contributed by atoms with E-state index in [0.29, 0.717) is 32.0 Å². The Labute approximate surface area is 159 Å². The predicted octanol–water partition coefficient (Wildman–Crippen LogP) is 1.97. The Morgan fingerprint density at radius 2 is 1.89 bits per heavy atom. The number of benzene rings is 1. The molecule has 3 heterocycles. The molecule has 6 heteroatoms. The molecule has 0 saturated carbocycles. The summed E-state index contributed by atoms with van der Waals surface area (Å²) >= 11 is 0. The van der Waals surface area contributed by atoms with Crippen LogP contribution in [0.5, 0.6) is 0 Å². The van der Waals surface area contributed by atoms with Gasteiger partial charge in [-0.05, 0) is 37.8 Å². The molecule has 2 fully saturated rings. The first-order chi connectivity index (χ1) is 13.0. The van der Waals surface area contributed by atoms with Gasteiger partial charge >= 0.3 is 0 Å². The third-order valence-electron chi connectivity index (χ3n) is 5.59. The van der Waals surface area contributed by atoms with Gasteiger partial charge in [0.1, 0.15) is 0 Å². The van der Waals surface area contributed by atoms with Crippen LogP contribution in [-0.4, -0.2) is 57.6 Å². The number of carbonyl (C=O) groups excluding carboxylic acids is 2. The molecule has 1 aromatic carbocycles. The van der Waals surface area contributed by atoms with Gasteiger partial charge in [0.15, 0.2) is 0 Å². The molecule has 2 amide bonds.